The number of halogens is 1. The second-order valence-electron chi connectivity index (χ2n) is 2.64. The second-order valence-corrected chi connectivity index (χ2v) is 3.29. The molecule has 1 aromatic heterocycles. The predicted molar refractivity (Wildman–Crippen MR) is 49.8 cm³/mol. The van der Waals surface area contributed by atoms with Crippen LogP contribution >= 0.6 is 11.6 Å². The number of nitrogens with one attached hydrogen (secondary N) is 1. The Labute approximate surface area is 81.2 Å². The Kier molecular flexibility index (Phi) is 3.31. The lowest BCUT2D eigenvalue weighted by molar-refractivity contribution is -0.115. The maximum atomic E-state index is 11.1. The van der Waals surface area contributed by atoms with Crippen molar-refractivity contribution in [3.8, 4) is 0 Å². The van der Waals surface area contributed by atoms with Crippen molar-refractivity contribution in [1.29, 1.82) is 0 Å². The first-order valence-electron chi connectivity index (χ1n) is 4.04. The number of anilines is 1. The number of rotatable bonds is 3. The Bertz CT molecular complexity index is 296. The van der Waals surface area contributed by atoms with Crippen LogP contribution in [0.1, 0.15) is 19.6 Å². The second kappa shape index (κ2) is 4.28. The van der Waals surface area contributed by atoms with Gasteiger partial charge in [-0.25, -0.2) is 0 Å². The lowest BCUT2D eigenvalue weighted by Crippen LogP contribution is -2.20. The first-order chi connectivity index (χ1) is 6.13. The Morgan fingerprint density at radius 3 is 3.00 bits per heavy atom. The lowest BCUT2D eigenvalue weighted by atomic mass is 10.3. The van der Waals surface area contributed by atoms with Gasteiger partial charge in [-0.15, -0.1) is 11.6 Å². The third-order valence-electron chi connectivity index (χ3n) is 1.52. The summed E-state index contributed by atoms with van der Waals surface area (Å²) in [6.07, 6.45) is 0.749. The van der Waals surface area contributed by atoms with Crippen molar-refractivity contribution in [1.82, 2.24) is 5.16 Å². The number of hydrogen-bond donors (Lipinski definition) is 1. The van der Waals surface area contributed by atoms with Crippen LogP contribution in [0.5, 0.6) is 0 Å². The van der Waals surface area contributed by atoms with E-state index >= 15 is 0 Å². The molecule has 1 N–H and O–H groups in total. The summed E-state index contributed by atoms with van der Waals surface area (Å²) in [5.74, 6) is 0.865. The number of carbonyl (C=O) groups excluding carboxylic acids is 1. The summed E-state index contributed by atoms with van der Waals surface area (Å²) in [4.78, 5) is 11.1. The van der Waals surface area contributed by atoms with Crippen molar-refractivity contribution in [2.45, 2.75) is 25.6 Å². The maximum Gasteiger partial charge on any atom is 0.243 e. The van der Waals surface area contributed by atoms with Crippen LogP contribution in [0.3, 0.4) is 0 Å². The molecule has 0 fully saturated rings. The summed E-state index contributed by atoms with van der Waals surface area (Å²) >= 11 is 5.55. The molecule has 0 aliphatic rings. The van der Waals surface area contributed by atoms with Crippen LogP contribution in [0, 0.1) is 0 Å². The number of amides is 1. The molecule has 1 amide bonds. The molecular weight excluding hydrogens is 192 g/mol. The van der Waals surface area contributed by atoms with E-state index in [0.29, 0.717) is 5.82 Å². The van der Waals surface area contributed by atoms with Gasteiger partial charge in [0.05, 0.1) is 0 Å². The number of nitrogens with zero attached hydrogens (tertiary/aromatic N) is 1. The summed E-state index contributed by atoms with van der Waals surface area (Å²) in [5.41, 5.74) is 0. The van der Waals surface area contributed by atoms with E-state index in [1.54, 1.807) is 13.0 Å². The molecule has 1 unspecified atom stereocenters. The van der Waals surface area contributed by atoms with Gasteiger partial charge in [0.15, 0.2) is 5.82 Å². The monoisotopic (exact) mass is 202 g/mol. The Hall–Kier alpha value is -1.03. The molecule has 0 saturated heterocycles. The zero-order valence-electron chi connectivity index (χ0n) is 7.50. The minimum absolute atomic E-state index is 0.280. The molecular formula is C8H11ClN2O2. The quantitative estimate of drug-likeness (QED) is 0.761. The summed E-state index contributed by atoms with van der Waals surface area (Å²) in [5, 5.41) is 5.60. The number of aromatic nitrogens is 1. The smallest absolute Gasteiger partial charge is 0.243 e. The van der Waals surface area contributed by atoms with Crippen LogP contribution in [0.15, 0.2) is 10.6 Å². The van der Waals surface area contributed by atoms with Gasteiger partial charge >= 0.3 is 0 Å². The third-order valence-corrected chi connectivity index (χ3v) is 1.72. The van der Waals surface area contributed by atoms with Crippen molar-refractivity contribution in [2.75, 3.05) is 5.32 Å². The molecule has 0 spiro atoms. The topological polar surface area (TPSA) is 55.1 Å². The van der Waals surface area contributed by atoms with E-state index in [2.05, 4.69) is 10.5 Å². The predicted octanol–water partition coefficient (Wildman–Crippen LogP) is 1.80. The van der Waals surface area contributed by atoms with E-state index in [0.717, 1.165) is 12.2 Å². The summed E-state index contributed by atoms with van der Waals surface area (Å²) in [6.45, 7) is 3.54. The molecule has 1 rings (SSSR count). The van der Waals surface area contributed by atoms with Gasteiger partial charge in [0.2, 0.25) is 5.91 Å². The van der Waals surface area contributed by atoms with Gasteiger partial charge in [-0.3, -0.25) is 4.79 Å². The molecule has 0 radical (unpaired) electrons. The average molecular weight is 203 g/mol. The number of carbonyl (C=O) groups is 1. The third kappa shape index (κ3) is 2.73. The fourth-order valence-corrected chi connectivity index (χ4v) is 0.819. The summed E-state index contributed by atoms with van der Waals surface area (Å²) in [7, 11) is 0. The molecule has 0 aliphatic heterocycles. The molecule has 0 bridgehead atoms. The largest absolute Gasteiger partial charge is 0.359 e. The minimum Gasteiger partial charge on any atom is -0.359 e. The Balaban J connectivity index is 2.59. The van der Waals surface area contributed by atoms with Gasteiger partial charge < -0.3 is 9.84 Å². The molecule has 5 heteroatoms. The normalized spacial score (nSPS) is 12.5. The van der Waals surface area contributed by atoms with Crippen LogP contribution in [0.4, 0.5) is 5.82 Å². The first kappa shape index (κ1) is 10.1. The Morgan fingerprint density at radius 2 is 2.54 bits per heavy atom. The average Bonchev–Trinajstić information content (AvgIpc) is 2.52. The van der Waals surface area contributed by atoms with Crippen LogP contribution in [-0.4, -0.2) is 16.4 Å². The molecule has 1 atom stereocenters. The first-order valence-corrected chi connectivity index (χ1v) is 4.47. The zero-order valence-corrected chi connectivity index (χ0v) is 8.26. The van der Waals surface area contributed by atoms with Gasteiger partial charge in [0.1, 0.15) is 11.1 Å². The molecule has 0 saturated carbocycles. The van der Waals surface area contributed by atoms with Crippen molar-refractivity contribution in [3.63, 3.8) is 0 Å². The lowest BCUT2D eigenvalue weighted by Gasteiger charge is -2.00. The van der Waals surface area contributed by atoms with E-state index in [1.807, 2.05) is 6.92 Å². The fraction of sp³-hybridized carbons (Fsp3) is 0.500. The van der Waals surface area contributed by atoms with Crippen molar-refractivity contribution in [3.05, 3.63) is 11.8 Å². The molecule has 0 aliphatic carbocycles. The van der Waals surface area contributed by atoms with E-state index in [9.17, 15) is 4.79 Å². The van der Waals surface area contributed by atoms with Gasteiger partial charge in [-0.1, -0.05) is 12.1 Å². The summed E-state index contributed by atoms with van der Waals surface area (Å²) in [6, 6.07) is 1.68. The standard InChI is InChI=1S/C8H11ClN2O2/c1-3-6-4-7(11-13-6)10-8(12)5(2)9/h4-5H,3H2,1-2H3,(H,10,11,12). The molecule has 0 aromatic carbocycles. The molecule has 1 aromatic rings. The Morgan fingerprint density at radius 1 is 1.85 bits per heavy atom. The minimum atomic E-state index is -0.568. The zero-order chi connectivity index (χ0) is 9.84. The van der Waals surface area contributed by atoms with Crippen LogP contribution in [0.25, 0.3) is 0 Å². The van der Waals surface area contributed by atoms with E-state index in [-0.39, 0.29) is 5.91 Å². The maximum absolute atomic E-state index is 11.1. The van der Waals surface area contributed by atoms with E-state index in [1.165, 1.54) is 0 Å². The molecule has 4 nitrogen and oxygen atoms in total. The number of alkyl halides is 1. The van der Waals surface area contributed by atoms with Crippen molar-refractivity contribution >= 4 is 23.3 Å². The van der Waals surface area contributed by atoms with Gasteiger partial charge in [-0.05, 0) is 6.92 Å². The molecule has 72 valence electrons. The molecule has 1 heterocycles. The molecule has 13 heavy (non-hydrogen) atoms. The number of aryl methyl sites for hydroxylation is 1. The SMILES string of the molecule is CCc1cc(NC(=O)C(C)Cl)no1. The van der Waals surface area contributed by atoms with E-state index < -0.39 is 5.38 Å². The van der Waals surface area contributed by atoms with Crippen molar-refractivity contribution < 1.29 is 9.32 Å². The van der Waals surface area contributed by atoms with Gasteiger partial charge in [0, 0.05) is 12.5 Å². The number of hydrogen-bond acceptors (Lipinski definition) is 3. The van der Waals surface area contributed by atoms with Gasteiger partial charge in [-0.2, -0.15) is 0 Å². The van der Waals surface area contributed by atoms with Crippen LogP contribution < -0.4 is 5.32 Å². The fourth-order valence-electron chi connectivity index (χ4n) is 0.764. The van der Waals surface area contributed by atoms with Crippen LogP contribution in [-0.2, 0) is 11.2 Å². The highest BCUT2D eigenvalue weighted by atomic mass is 35.5. The highest BCUT2D eigenvalue weighted by Gasteiger charge is 2.11. The highest BCUT2D eigenvalue weighted by molar-refractivity contribution is 6.32. The van der Waals surface area contributed by atoms with Gasteiger partial charge in [0.25, 0.3) is 0 Å². The van der Waals surface area contributed by atoms with Crippen LogP contribution in [0.2, 0.25) is 0 Å². The van der Waals surface area contributed by atoms with E-state index in [4.69, 9.17) is 16.1 Å². The van der Waals surface area contributed by atoms with Crippen molar-refractivity contribution in [2.24, 2.45) is 0 Å². The summed E-state index contributed by atoms with van der Waals surface area (Å²) < 4.78 is 4.89. The highest BCUT2D eigenvalue weighted by Crippen LogP contribution is 2.10.